The Balaban J connectivity index is 1.86. The number of pyridine rings is 2. The van der Waals surface area contributed by atoms with Gasteiger partial charge in [-0.3, -0.25) is 14.8 Å². The lowest BCUT2D eigenvalue weighted by atomic mass is 9.81. The number of aromatic nitrogens is 2. The largest absolute Gasteiger partial charge is 0.416 e. The maximum atomic E-state index is 13.9. The highest BCUT2D eigenvalue weighted by Crippen LogP contribution is 2.41. The Bertz CT molecular complexity index is 1560. The van der Waals surface area contributed by atoms with Gasteiger partial charge >= 0.3 is 12.4 Å². The molecule has 2 aromatic heterocycles. The number of hydrogen-bond acceptors (Lipinski definition) is 3. The van der Waals surface area contributed by atoms with Gasteiger partial charge in [0.15, 0.2) is 0 Å². The zero-order valence-corrected chi connectivity index (χ0v) is 22.3. The highest BCUT2D eigenvalue weighted by molar-refractivity contribution is 6.03. The number of rotatable bonds is 5. The number of hydrogen-bond donors (Lipinski definition) is 0. The molecule has 4 nitrogen and oxygen atoms in total. The van der Waals surface area contributed by atoms with Crippen molar-refractivity contribution in [1.29, 1.82) is 0 Å². The number of halogens is 7. The van der Waals surface area contributed by atoms with Gasteiger partial charge in [0.2, 0.25) is 5.91 Å². The van der Waals surface area contributed by atoms with E-state index >= 15 is 0 Å². The second-order valence-electron chi connectivity index (χ2n) is 10.1. The molecule has 41 heavy (non-hydrogen) atoms. The molecule has 4 aromatic rings. The molecule has 2 heterocycles. The van der Waals surface area contributed by atoms with Crippen molar-refractivity contribution in [1.82, 2.24) is 9.97 Å². The summed E-state index contributed by atoms with van der Waals surface area (Å²) in [6, 6.07) is 10.3. The van der Waals surface area contributed by atoms with Crippen LogP contribution < -0.4 is 4.90 Å². The Morgan fingerprint density at radius 1 is 0.805 bits per heavy atom. The fourth-order valence-electron chi connectivity index (χ4n) is 4.50. The first kappa shape index (κ1) is 29.7. The second-order valence-corrected chi connectivity index (χ2v) is 10.1. The Morgan fingerprint density at radius 3 is 1.95 bits per heavy atom. The molecule has 1 amide bonds. The van der Waals surface area contributed by atoms with Crippen molar-refractivity contribution in [2.75, 3.05) is 11.9 Å². The van der Waals surface area contributed by atoms with Crippen LogP contribution in [0.15, 0.2) is 73.2 Å². The fourth-order valence-corrected chi connectivity index (χ4v) is 4.50. The average molecular weight is 576 g/mol. The fraction of sp³-hybridized carbons (Fsp3) is 0.233. The summed E-state index contributed by atoms with van der Waals surface area (Å²) in [6.07, 6.45) is -5.61. The summed E-state index contributed by atoms with van der Waals surface area (Å²) >= 11 is 0. The first-order valence-electron chi connectivity index (χ1n) is 12.2. The standard InChI is InChI=1S/C30H24F7N3O/c1-17-10-22(31)7-8-23(17)24-14-25(18-6-5-9-38-15-18)39-16-26(24)40(4)27(41)28(2,3)19-11-20(29(32,33)34)13-21(12-19)30(35,36)37/h5-16H,1-4H3. The molecule has 0 aliphatic carbocycles. The van der Waals surface area contributed by atoms with E-state index in [1.807, 2.05) is 0 Å². The molecule has 214 valence electrons. The normalized spacial score (nSPS) is 12.4. The topological polar surface area (TPSA) is 46.1 Å². The van der Waals surface area contributed by atoms with E-state index in [9.17, 15) is 35.5 Å². The molecule has 0 bridgehead atoms. The monoisotopic (exact) mass is 575 g/mol. The van der Waals surface area contributed by atoms with E-state index in [2.05, 4.69) is 9.97 Å². The van der Waals surface area contributed by atoms with Gasteiger partial charge in [0.05, 0.1) is 34.1 Å². The Morgan fingerprint density at radius 2 is 1.41 bits per heavy atom. The summed E-state index contributed by atoms with van der Waals surface area (Å²) in [6.45, 7) is 4.17. The van der Waals surface area contributed by atoms with Gasteiger partial charge < -0.3 is 4.90 Å². The Hall–Kier alpha value is -4.28. The third-order valence-corrected chi connectivity index (χ3v) is 6.83. The van der Waals surface area contributed by atoms with E-state index in [1.54, 1.807) is 37.5 Å². The van der Waals surface area contributed by atoms with E-state index in [1.165, 1.54) is 45.3 Å². The molecule has 4 rings (SSSR count). The van der Waals surface area contributed by atoms with Crippen molar-refractivity contribution in [2.24, 2.45) is 0 Å². The minimum Gasteiger partial charge on any atom is -0.313 e. The van der Waals surface area contributed by atoms with Crippen molar-refractivity contribution in [3.8, 4) is 22.4 Å². The number of carbonyl (C=O) groups is 1. The Labute approximate surface area is 231 Å². The van der Waals surface area contributed by atoms with Crippen LogP contribution in [0, 0.1) is 12.7 Å². The molecule has 0 saturated carbocycles. The third kappa shape index (κ3) is 6.08. The van der Waals surface area contributed by atoms with Crippen molar-refractivity contribution in [3.63, 3.8) is 0 Å². The highest BCUT2D eigenvalue weighted by Gasteiger charge is 2.41. The zero-order valence-electron chi connectivity index (χ0n) is 22.3. The number of carbonyl (C=O) groups excluding carboxylic acids is 1. The van der Waals surface area contributed by atoms with Crippen LogP contribution in [-0.4, -0.2) is 22.9 Å². The van der Waals surface area contributed by atoms with Crippen molar-refractivity contribution in [3.05, 3.63) is 101 Å². The summed E-state index contributed by atoms with van der Waals surface area (Å²) in [5.41, 5.74) is -2.45. The smallest absolute Gasteiger partial charge is 0.313 e. The second kappa shape index (κ2) is 10.6. The number of nitrogens with zero attached hydrogens (tertiary/aromatic N) is 3. The quantitative estimate of drug-likeness (QED) is 0.225. The molecule has 0 unspecified atom stereocenters. The summed E-state index contributed by atoms with van der Waals surface area (Å²) < 4.78 is 95.1. The first-order chi connectivity index (χ1) is 19.0. The molecule has 2 aromatic carbocycles. The summed E-state index contributed by atoms with van der Waals surface area (Å²) in [5.74, 6) is -1.27. The molecule has 0 aliphatic rings. The van der Waals surface area contributed by atoms with Gasteiger partial charge in [0, 0.05) is 30.6 Å². The summed E-state index contributed by atoms with van der Waals surface area (Å²) in [4.78, 5) is 23.5. The molecule has 0 spiro atoms. The number of alkyl halides is 6. The first-order valence-corrected chi connectivity index (χ1v) is 12.2. The average Bonchev–Trinajstić information content (AvgIpc) is 2.91. The van der Waals surface area contributed by atoms with Crippen molar-refractivity contribution < 1.29 is 35.5 Å². The van der Waals surface area contributed by atoms with Gasteiger partial charge in [-0.2, -0.15) is 26.3 Å². The van der Waals surface area contributed by atoms with Crippen LogP contribution in [0.3, 0.4) is 0 Å². The van der Waals surface area contributed by atoms with Crippen LogP contribution in [-0.2, 0) is 22.6 Å². The van der Waals surface area contributed by atoms with Crippen LogP contribution in [0.4, 0.5) is 36.4 Å². The molecule has 0 fully saturated rings. The number of benzene rings is 2. The molecule has 0 N–H and O–H groups in total. The number of anilines is 1. The van der Waals surface area contributed by atoms with Gasteiger partial charge in [-0.25, -0.2) is 4.39 Å². The minimum atomic E-state index is -5.07. The number of likely N-dealkylation sites (N-methyl/N-ethyl adjacent to an activating group) is 1. The number of amides is 1. The van der Waals surface area contributed by atoms with E-state index in [0.29, 0.717) is 40.1 Å². The van der Waals surface area contributed by atoms with E-state index in [-0.39, 0.29) is 11.8 Å². The van der Waals surface area contributed by atoms with Gasteiger partial charge in [-0.1, -0.05) is 6.07 Å². The molecular weight excluding hydrogens is 551 g/mol. The molecule has 0 aliphatic heterocycles. The molecule has 0 atom stereocenters. The lowest BCUT2D eigenvalue weighted by molar-refractivity contribution is -0.143. The molecule has 0 radical (unpaired) electrons. The van der Waals surface area contributed by atoms with Crippen LogP contribution in [0.1, 0.15) is 36.1 Å². The van der Waals surface area contributed by atoms with Crippen molar-refractivity contribution >= 4 is 11.6 Å². The van der Waals surface area contributed by atoms with Gasteiger partial charge in [-0.05, 0) is 86.0 Å². The summed E-state index contributed by atoms with van der Waals surface area (Å²) in [7, 11) is 1.35. The molecular formula is C30H24F7N3O. The molecule has 0 saturated heterocycles. The predicted molar refractivity (Wildman–Crippen MR) is 140 cm³/mol. The van der Waals surface area contributed by atoms with E-state index in [4.69, 9.17) is 0 Å². The van der Waals surface area contributed by atoms with E-state index in [0.717, 1.165) is 4.90 Å². The van der Waals surface area contributed by atoms with Crippen LogP contribution in [0.25, 0.3) is 22.4 Å². The lowest BCUT2D eigenvalue weighted by Crippen LogP contribution is -2.42. The lowest BCUT2D eigenvalue weighted by Gasteiger charge is -2.32. The number of aryl methyl sites for hydroxylation is 1. The van der Waals surface area contributed by atoms with Crippen LogP contribution in [0.2, 0.25) is 0 Å². The maximum Gasteiger partial charge on any atom is 0.416 e. The van der Waals surface area contributed by atoms with E-state index < -0.39 is 46.2 Å². The predicted octanol–water partition coefficient (Wildman–Crippen LogP) is 8.24. The van der Waals surface area contributed by atoms with Gasteiger partial charge in [0.1, 0.15) is 5.82 Å². The van der Waals surface area contributed by atoms with Gasteiger partial charge in [-0.15, -0.1) is 0 Å². The Kier molecular flexibility index (Phi) is 7.68. The highest BCUT2D eigenvalue weighted by atomic mass is 19.4. The zero-order chi connectivity index (χ0) is 30.3. The maximum absolute atomic E-state index is 13.9. The SMILES string of the molecule is Cc1cc(F)ccc1-c1cc(-c2cccnc2)ncc1N(C)C(=O)C(C)(C)c1cc(C(F)(F)F)cc(C(F)(F)F)c1. The van der Waals surface area contributed by atoms with Crippen LogP contribution >= 0.6 is 0 Å². The third-order valence-electron chi connectivity index (χ3n) is 6.83. The summed E-state index contributed by atoms with van der Waals surface area (Å²) in [5, 5.41) is 0. The van der Waals surface area contributed by atoms with Gasteiger partial charge in [0.25, 0.3) is 0 Å². The van der Waals surface area contributed by atoms with Crippen molar-refractivity contribution in [2.45, 2.75) is 38.5 Å². The van der Waals surface area contributed by atoms with Crippen LogP contribution in [0.5, 0.6) is 0 Å². The molecule has 11 heteroatoms. The minimum absolute atomic E-state index is 0.0181.